The van der Waals surface area contributed by atoms with Crippen LogP contribution in [0.3, 0.4) is 0 Å². The maximum atomic E-state index is 12.4. The minimum atomic E-state index is -0.0278. The molecular weight excluding hydrogens is 338 g/mol. The third-order valence-corrected chi connectivity index (χ3v) is 5.69. The Bertz CT molecular complexity index is 595. The van der Waals surface area contributed by atoms with Crippen LogP contribution in [0.1, 0.15) is 56.3 Å². The van der Waals surface area contributed by atoms with E-state index in [1.165, 1.54) is 6.42 Å². The van der Waals surface area contributed by atoms with Crippen molar-refractivity contribution in [3.05, 3.63) is 23.9 Å². The molecule has 2 heterocycles. The van der Waals surface area contributed by atoms with Crippen molar-refractivity contribution in [2.75, 3.05) is 31.5 Å². The smallest absolute Gasteiger partial charge is 0.252 e. The minimum absolute atomic E-state index is 0.0278. The molecular formula is C21H35N5O. The first kappa shape index (κ1) is 20.1. The second kappa shape index (κ2) is 9.51. The third-order valence-electron chi connectivity index (χ3n) is 5.69. The lowest BCUT2D eigenvalue weighted by molar-refractivity contribution is 0.0947. The number of amides is 1. The summed E-state index contributed by atoms with van der Waals surface area (Å²) in [7, 11) is 0. The molecule has 1 saturated heterocycles. The van der Waals surface area contributed by atoms with Gasteiger partial charge in [0.2, 0.25) is 0 Å². The summed E-state index contributed by atoms with van der Waals surface area (Å²) in [5, 5.41) is 6.54. The van der Waals surface area contributed by atoms with Crippen LogP contribution in [-0.2, 0) is 0 Å². The monoisotopic (exact) mass is 373 g/mol. The van der Waals surface area contributed by atoms with E-state index in [4.69, 9.17) is 5.73 Å². The number of nitrogens with one attached hydrogen (secondary N) is 2. The van der Waals surface area contributed by atoms with Gasteiger partial charge in [-0.2, -0.15) is 0 Å². The highest BCUT2D eigenvalue weighted by molar-refractivity contribution is 5.94. The number of carbonyl (C=O) groups excluding carboxylic acids is 1. The van der Waals surface area contributed by atoms with Crippen LogP contribution >= 0.6 is 0 Å². The van der Waals surface area contributed by atoms with E-state index in [9.17, 15) is 4.79 Å². The number of hydrogen-bond acceptors (Lipinski definition) is 5. The van der Waals surface area contributed by atoms with E-state index in [-0.39, 0.29) is 5.91 Å². The summed E-state index contributed by atoms with van der Waals surface area (Å²) in [6.07, 6.45) is 7.13. The predicted molar refractivity (Wildman–Crippen MR) is 110 cm³/mol. The van der Waals surface area contributed by atoms with Crippen molar-refractivity contribution in [1.82, 2.24) is 15.2 Å². The highest BCUT2D eigenvalue weighted by atomic mass is 16.1. The van der Waals surface area contributed by atoms with Crippen LogP contribution in [0.2, 0.25) is 0 Å². The van der Waals surface area contributed by atoms with Crippen molar-refractivity contribution >= 4 is 11.7 Å². The zero-order chi connectivity index (χ0) is 19.2. The molecule has 0 aromatic carbocycles. The number of nitrogens with zero attached hydrogens (tertiary/aromatic N) is 2. The lowest BCUT2D eigenvalue weighted by Crippen LogP contribution is -2.33. The first-order chi connectivity index (χ1) is 13.0. The first-order valence-electron chi connectivity index (χ1n) is 10.5. The van der Waals surface area contributed by atoms with Gasteiger partial charge in [0.1, 0.15) is 5.82 Å². The van der Waals surface area contributed by atoms with E-state index in [1.54, 1.807) is 6.20 Å². The largest absolute Gasteiger partial charge is 0.367 e. The van der Waals surface area contributed by atoms with Crippen LogP contribution in [0.4, 0.5) is 5.82 Å². The van der Waals surface area contributed by atoms with Gasteiger partial charge in [-0.1, -0.05) is 13.8 Å². The summed E-state index contributed by atoms with van der Waals surface area (Å²) in [6, 6.07) is 4.55. The Kier molecular flexibility index (Phi) is 7.07. The molecule has 3 rings (SSSR count). The second-order valence-electron chi connectivity index (χ2n) is 8.71. The molecule has 1 saturated carbocycles. The summed E-state index contributed by atoms with van der Waals surface area (Å²) >= 11 is 0. The van der Waals surface area contributed by atoms with E-state index in [2.05, 4.69) is 34.4 Å². The minimum Gasteiger partial charge on any atom is -0.367 e. The molecule has 1 amide bonds. The van der Waals surface area contributed by atoms with Crippen molar-refractivity contribution in [3.8, 4) is 0 Å². The normalized spacial score (nSPS) is 26.3. The lowest BCUT2D eigenvalue weighted by Gasteiger charge is -2.27. The zero-order valence-corrected chi connectivity index (χ0v) is 16.8. The van der Waals surface area contributed by atoms with Crippen molar-refractivity contribution < 1.29 is 4.79 Å². The van der Waals surface area contributed by atoms with Crippen LogP contribution in [0.15, 0.2) is 18.3 Å². The summed E-state index contributed by atoms with van der Waals surface area (Å²) in [5.41, 5.74) is 6.58. The molecule has 6 heteroatoms. The van der Waals surface area contributed by atoms with E-state index in [0.29, 0.717) is 29.5 Å². The molecule has 1 atom stereocenters. The molecule has 1 aliphatic carbocycles. The Hall–Kier alpha value is -1.66. The van der Waals surface area contributed by atoms with Gasteiger partial charge in [-0.15, -0.1) is 0 Å². The fourth-order valence-corrected chi connectivity index (χ4v) is 4.19. The summed E-state index contributed by atoms with van der Waals surface area (Å²) in [6.45, 7) is 8.64. The topological polar surface area (TPSA) is 83.3 Å². The first-order valence-corrected chi connectivity index (χ1v) is 10.5. The zero-order valence-electron chi connectivity index (χ0n) is 16.8. The van der Waals surface area contributed by atoms with Gasteiger partial charge < -0.3 is 21.3 Å². The van der Waals surface area contributed by atoms with Crippen LogP contribution in [0.25, 0.3) is 0 Å². The fourth-order valence-electron chi connectivity index (χ4n) is 4.19. The Morgan fingerprint density at radius 3 is 2.70 bits per heavy atom. The Morgan fingerprint density at radius 2 is 2.04 bits per heavy atom. The SMILES string of the molecule is CC(C)CN1CC[C@H](CNC(=O)c2ccc(NC3CCC(N)CC3)nc2)C1. The van der Waals surface area contributed by atoms with Crippen molar-refractivity contribution in [2.24, 2.45) is 17.6 Å². The number of nitrogens with two attached hydrogens (primary N) is 1. The molecule has 6 nitrogen and oxygen atoms in total. The van der Waals surface area contributed by atoms with E-state index in [0.717, 1.165) is 57.7 Å². The Morgan fingerprint density at radius 1 is 1.26 bits per heavy atom. The van der Waals surface area contributed by atoms with Gasteiger partial charge in [-0.25, -0.2) is 4.98 Å². The van der Waals surface area contributed by atoms with E-state index in [1.807, 2.05) is 12.1 Å². The number of pyridine rings is 1. The molecule has 27 heavy (non-hydrogen) atoms. The Balaban J connectivity index is 1.41. The van der Waals surface area contributed by atoms with Crippen molar-refractivity contribution in [2.45, 2.75) is 58.0 Å². The Labute approximate surface area is 163 Å². The molecule has 2 fully saturated rings. The predicted octanol–water partition coefficient (Wildman–Crippen LogP) is 2.47. The second-order valence-corrected chi connectivity index (χ2v) is 8.71. The van der Waals surface area contributed by atoms with Gasteiger partial charge in [0.25, 0.3) is 5.91 Å². The summed E-state index contributed by atoms with van der Waals surface area (Å²) in [5.74, 6) is 2.06. The van der Waals surface area contributed by atoms with Gasteiger partial charge in [-0.05, 0) is 62.6 Å². The van der Waals surface area contributed by atoms with Gasteiger partial charge >= 0.3 is 0 Å². The average molecular weight is 374 g/mol. The van der Waals surface area contributed by atoms with Gasteiger partial charge in [0.05, 0.1) is 5.56 Å². The standard InChI is InChI=1S/C21H35N5O/c1-15(2)13-26-10-9-16(14-26)11-24-21(27)17-3-8-20(23-12-17)25-19-6-4-18(22)5-7-19/h3,8,12,15-16,18-19H,4-7,9-11,13-14,22H2,1-2H3,(H,23,25)(H,24,27)/t16-,18?,19?/m1/s1. The fraction of sp³-hybridized carbons (Fsp3) is 0.714. The van der Waals surface area contributed by atoms with Gasteiger partial charge in [0.15, 0.2) is 0 Å². The summed E-state index contributed by atoms with van der Waals surface area (Å²) in [4.78, 5) is 19.3. The number of hydrogen-bond donors (Lipinski definition) is 3. The number of anilines is 1. The molecule has 0 bridgehead atoms. The van der Waals surface area contributed by atoms with E-state index >= 15 is 0 Å². The number of rotatable bonds is 7. The average Bonchev–Trinajstić information content (AvgIpc) is 3.09. The molecule has 1 aromatic rings. The third kappa shape index (κ3) is 6.18. The maximum Gasteiger partial charge on any atom is 0.252 e. The molecule has 1 aliphatic heterocycles. The highest BCUT2D eigenvalue weighted by Crippen LogP contribution is 2.20. The van der Waals surface area contributed by atoms with Crippen LogP contribution in [-0.4, -0.2) is 54.1 Å². The van der Waals surface area contributed by atoms with Crippen LogP contribution in [0, 0.1) is 11.8 Å². The lowest BCUT2D eigenvalue weighted by atomic mass is 9.92. The maximum absolute atomic E-state index is 12.4. The molecule has 4 N–H and O–H groups in total. The van der Waals surface area contributed by atoms with Crippen LogP contribution < -0.4 is 16.4 Å². The van der Waals surface area contributed by atoms with Crippen molar-refractivity contribution in [1.29, 1.82) is 0 Å². The quantitative estimate of drug-likeness (QED) is 0.684. The number of aromatic nitrogens is 1. The molecule has 0 spiro atoms. The van der Waals surface area contributed by atoms with E-state index < -0.39 is 0 Å². The molecule has 2 aliphatic rings. The highest BCUT2D eigenvalue weighted by Gasteiger charge is 2.23. The molecule has 1 aromatic heterocycles. The van der Waals surface area contributed by atoms with Crippen molar-refractivity contribution in [3.63, 3.8) is 0 Å². The molecule has 150 valence electrons. The molecule has 0 unspecified atom stereocenters. The van der Waals surface area contributed by atoms with Gasteiger partial charge in [-0.3, -0.25) is 4.79 Å². The summed E-state index contributed by atoms with van der Waals surface area (Å²) < 4.78 is 0. The number of likely N-dealkylation sites (tertiary alicyclic amines) is 1. The molecule has 0 radical (unpaired) electrons. The number of carbonyl (C=O) groups is 1. The van der Waals surface area contributed by atoms with Crippen LogP contribution in [0.5, 0.6) is 0 Å². The van der Waals surface area contributed by atoms with Gasteiger partial charge in [0, 0.05) is 37.9 Å².